The van der Waals surface area contributed by atoms with Crippen molar-refractivity contribution < 1.29 is 5.11 Å². The number of aliphatic hydroxyl groups is 1. The van der Waals surface area contributed by atoms with E-state index in [9.17, 15) is 0 Å². The molecule has 0 atom stereocenters. The van der Waals surface area contributed by atoms with Gasteiger partial charge < -0.3 is 9.67 Å². The molecule has 1 N–H and O–H groups in total. The van der Waals surface area contributed by atoms with E-state index in [1.165, 1.54) is 5.56 Å². The third-order valence-electron chi connectivity index (χ3n) is 2.64. The number of aryl methyl sites for hydroxylation is 2. The second-order valence-corrected chi connectivity index (χ2v) is 3.84. The molecule has 1 aromatic heterocycles. The zero-order valence-corrected chi connectivity index (χ0v) is 9.43. The molecular weight excluding hydrogens is 200 g/mol. The first kappa shape index (κ1) is 10.9. The fourth-order valence-electron chi connectivity index (χ4n) is 1.80. The molecule has 0 radical (unpaired) electrons. The summed E-state index contributed by atoms with van der Waals surface area (Å²) in [6.45, 7) is 2.23. The molecule has 0 bridgehead atoms. The van der Waals surface area contributed by atoms with Gasteiger partial charge in [0.25, 0.3) is 0 Å². The normalized spacial score (nSPS) is 10.6. The standard InChI is InChI=1S/C13H16N2O/c1-11-14-7-8-15(11)13-6-2-4-12(10-13)5-3-9-16/h2,4,6-8,10,16H,3,5,9H2,1H3. The minimum absolute atomic E-state index is 0.244. The second-order valence-electron chi connectivity index (χ2n) is 3.84. The highest BCUT2D eigenvalue weighted by Crippen LogP contribution is 2.13. The van der Waals surface area contributed by atoms with Crippen LogP contribution >= 0.6 is 0 Å². The molecule has 2 aromatic rings. The summed E-state index contributed by atoms with van der Waals surface area (Å²) in [5.74, 6) is 0.985. The van der Waals surface area contributed by atoms with Crippen molar-refractivity contribution in [2.45, 2.75) is 19.8 Å². The van der Waals surface area contributed by atoms with E-state index in [0.717, 1.165) is 24.4 Å². The van der Waals surface area contributed by atoms with Crippen LogP contribution in [0.3, 0.4) is 0 Å². The van der Waals surface area contributed by atoms with Gasteiger partial charge in [-0.2, -0.15) is 0 Å². The van der Waals surface area contributed by atoms with Gasteiger partial charge >= 0.3 is 0 Å². The van der Waals surface area contributed by atoms with Crippen molar-refractivity contribution in [2.24, 2.45) is 0 Å². The Kier molecular flexibility index (Phi) is 3.37. The van der Waals surface area contributed by atoms with Crippen molar-refractivity contribution in [1.82, 2.24) is 9.55 Å². The van der Waals surface area contributed by atoms with Gasteiger partial charge in [-0.05, 0) is 37.5 Å². The smallest absolute Gasteiger partial charge is 0.110 e. The Labute approximate surface area is 95.4 Å². The number of rotatable bonds is 4. The van der Waals surface area contributed by atoms with E-state index in [4.69, 9.17) is 5.11 Å². The monoisotopic (exact) mass is 216 g/mol. The predicted octanol–water partition coefficient (Wildman–Crippen LogP) is 2.11. The molecule has 2 rings (SSSR count). The lowest BCUT2D eigenvalue weighted by molar-refractivity contribution is 0.288. The van der Waals surface area contributed by atoms with Crippen LogP contribution in [0.15, 0.2) is 36.7 Å². The number of hydrogen-bond acceptors (Lipinski definition) is 2. The number of hydrogen-bond donors (Lipinski definition) is 1. The highest BCUT2D eigenvalue weighted by Gasteiger charge is 2.01. The lowest BCUT2D eigenvalue weighted by atomic mass is 10.1. The Balaban J connectivity index is 2.26. The van der Waals surface area contributed by atoms with Gasteiger partial charge in [-0.25, -0.2) is 4.98 Å². The Morgan fingerprint density at radius 1 is 1.38 bits per heavy atom. The number of imidazole rings is 1. The summed E-state index contributed by atoms with van der Waals surface area (Å²) in [7, 11) is 0. The van der Waals surface area contributed by atoms with Crippen LogP contribution in [0.2, 0.25) is 0 Å². The van der Waals surface area contributed by atoms with Crippen molar-refractivity contribution in [3.05, 3.63) is 48.0 Å². The fourth-order valence-corrected chi connectivity index (χ4v) is 1.80. The second kappa shape index (κ2) is 4.94. The van der Waals surface area contributed by atoms with E-state index in [0.29, 0.717) is 0 Å². The van der Waals surface area contributed by atoms with Gasteiger partial charge in [-0.3, -0.25) is 0 Å². The molecule has 1 aromatic carbocycles. The summed E-state index contributed by atoms with van der Waals surface area (Å²) in [4.78, 5) is 4.21. The highest BCUT2D eigenvalue weighted by atomic mass is 16.2. The summed E-state index contributed by atoms with van der Waals surface area (Å²) in [6, 6.07) is 8.34. The third-order valence-corrected chi connectivity index (χ3v) is 2.64. The first-order valence-electron chi connectivity index (χ1n) is 5.51. The Morgan fingerprint density at radius 3 is 2.94 bits per heavy atom. The van der Waals surface area contributed by atoms with Crippen LogP contribution in [0.25, 0.3) is 5.69 Å². The van der Waals surface area contributed by atoms with Gasteiger partial charge in [-0.1, -0.05) is 12.1 Å². The molecule has 0 amide bonds. The summed E-state index contributed by atoms with van der Waals surface area (Å²) < 4.78 is 2.06. The lowest BCUT2D eigenvalue weighted by Crippen LogP contribution is -1.97. The van der Waals surface area contributed by atoms with E-state index >= 15 is 0 Å². The minimum Gasteiger partial charge on any atom is -0.396 e. The van der Waals surface area contributed by atoms with Crippen molar-refractivity contribution in [3.63, 3.8) is 0 Å². The topological polar surface area (TPSA) is 38.0 Å². The summed E-state index contributed by atoms with van der Waals surface area (Å²) in [5.41, 5.74) is 2.38. The summed E-state index contributed by atoms with van der Waals surface area (Å²) in [6.07, 6.45) is 5.49. The first-order valence-corrected chi connectivity index (χ1v) is 5.51. The first-order chi connectivity index (χ1) is 7.81. The predicted molar refractivity (Wildman–Crippen MR) is 63.7 cm³/mol. The zero-order valence-electron chi connectivity index (χ0n) is 9.43. The average molecular weight is 216 g/mol. The van der Waals surface area contributed by atoms with Gasteiger partial charge in [0.15, 0.2) is 0 Å². The van der Waals surface area contributed by atoms with E-state index < -0.39 is 0 Å². The molecule has 0 unspecified atom stereocenters. The van der Waals surface area contributed by atoms with Crippen molar-refractivity contribution in [3.8, 4) is 5.69 Å². The molecule has 1 heterocycles. The van der Waals surface area contributed by atoms with Gasteiger partial charge in [0, 0.05) is 24.7 Å². The molecular formula is C13H16N2O. The van der Waals surface area contributed by atoms with Crippen LogP contribution in [0, 0.1) is 6.92 Å². The SMILES string of the molecule is Cc1nccn1-c1cccc(CCCO)c1. The Morgan fingerprint density at radius 2 is 2.25 bits per heavy atom. The molecule has 0 saturated heterocycles. The van der Waals surface area contributed by atoms with Crippen molar-refractivity contribution in [1.29, 1.82) is 0 Å². The molecule has 0 aliphatic heterocycles. The van der Waals surface area contributed by atoms with E-state index in [1.807, 2.05) is 19.2 Å². The fraction of sp³-hybridized carbons (Fsp3) is 0.308. The van der Waals surface area contributed by atoms with Crippen LogP contribution in [0.5, 0.6) is 0 Å². The van der Waals surface area contributed by atoms with Crippen LogP contribution < -0.4 is 0 Å². The maximum Gasteiger partial charge on any atom is 0.110 e. The number of aliphatic hydroxyl groups excluding tert-OH is 1. The Hall–Kier alpha value is -1.61. The third kappa shape index (κ3) is 2.31. The van der Waals surface area contributed by atoms with Crippen LogP contribution in [-0.4, -0.2) is 21.3 Å². The van der Waals surface area contributed by atoms with Crippen LogP contribution in [0.1, 0.15) is 17.8 Å². The number of nitrogens with zero attached hydrogens (tertiary/aromatic N) is 2. The summed E-state index contributed by atoms with van der Waals surface area (Å²) >= 11 is 0. The number of benzene rings is 1. The average Bonchev–Trinajstić information content (AvgIpc) is 2.73. The molecule has 0 saturated carbocycles. The van der Waals surface area contributed by atoms with Gasteiger partial charge in [0.2, 0.25) is 0 Å². The molecule has 0 aliphatic carbocycles. The van der Waals surface area contributed by atoms with Gasteiger partial charge in [0.1, 0.15) is 5.82 Å². The van der Waals surface area contributed by atoms with Gasteiger partial charge in [0.05, 0.1) is 0 Å². The zero-order chi connectivity index (χ0) is 11.4. The molecule has 0 aliphatic rings. The van der Waals surface area contributed by atoms with E-state index in [1.54, 1.807) is 6.20 Å². The largest absolute Gasteiger partial charge is 0.396 e. The lowest BCUT2D eigenvalue weighted by Gasteiger charge is -2.07. The van der Waals surface area contributed by atoms with Gasteiger partial charge in [-0.15, -0.1) is 0 Å². The Bertz CT molecular complexity index is 462. The molecule has 84 valence electrons. The van der Waals surface area contributed by atoms with Crippen molar-refractivity contribution >= 4 is 0 Å². The highest BCUT2D eigenvalue weighted by molar-refractivity contribution is 5.37. The molecule has 3 heteroatoms. The molecule has 0 fully saturated rings. The number of aromatic nitrogens is 2. The van der Waals surface area contributed by atoms with Crippen LogP contribution in [0.4, 0.5) is 0 Å². The quantitative estimate of drug-likeness (QED) is 0.850. The maximum atomic E-state index is 8.81. The van der Waals surface area contributed by atoms with E-state index in [2.05, 4.69) is 27.8 Å². The van der Waals surface area contributed by atoms with Crippen molar-refractivity contribution in [2.75, 3.05) is 6.61 Å². The van der Waals surface area contributed by atoms with Crippen LogP contribution in [-0.2, 0) is 6.42 Å². The molecule has 0 spiro atoms. The summed E-state index contributed by atoms with van der Waals surface area (Å²) in [5, 5.41) is 8.81. The molecule has 3 nitrogen and oxygen atoms in total. The maximum absolute atomic E-state index is 8.81. The molecule has 16 heavy (non-hydrogen) atoms. The minimum atomic E-state index is 0.244. The van der Waals surface area contributed by atoms with E-state index in [-0.39, 0.29) is 6.61 Å².